The van der Waals surface area contributed by atoms with E-state index in [0.29, 0.717) is 27.6 Å². The van der Waals surface area contributed by atoms with Gasteiger partial charge in [0.2, 0.25) is 0 Å². The van der Waals surface area contributed by atoms with Crippen molar-refractivity contribution >= 4 is 34.0 Å². The van der Waals surface area contributed by atoms with Crippen molar-refractivity contribution in [2.24, 2.45) is 0 Å². The first-order chi connectivity index (χ1) is 9.13. The zero-order valence-electron chi connectivity index (χ0n) is 9.42. The molecule has 0 amide bonds. The molecule has 0 saturated heterocycles. The van der Waals surface area contributed by atoms with E-state index in [1.807, 2.05) is 0 Å². The molecule has 3 aromatic rings. The van der Waals surface area contributed by atoms with Gasteiger partial charge in [0.05, 0.1) is 17.4 Å². The molecule has 0 atom stereocenters. The van der Waals surface area contributed by atoms with Crippen molar-refractivity contribution < 1.29 is 8.78 Å². The normalized spacial score (nSPS) is 10.9. The van der Waals surface area contributed by atoms with Crippen molar-refractivity contribution in [2.75, 3.05) is 5.32 Å². The van der Waals surface area contributed by atoms with Crippen LogP contribution in [-0.2, 0) is 0 Å². The average Bonchev–Trinajstić information content (AvgIpc) is 2.76. The molecule has 3 rings (SSSR count). The largest absolute Gasteiger partial charge is 0.337 e. The smallest absolute Gasteiger partial charge is 0.160 e. The number of benzene rings is 1. The van der Waals surface area contributed by atoms with E-state index in [1.54, 1.807) is 12.1 Å². The van der Waals surface area contributed by atoms with Crippen molar-refractivity contribution in [2.45, 2.75) is 0 Å². The molecule has 0 aliphatic heterocycles. The minimum absolute atomic E-state index is 0.366. The molecule has 0 aliphatic rings. The second kappa shape index (κ2) is 4.47. The standard InChI is InChI=1S/C12H7ClF2N4/c13-11-2-1-6(5-16-11)17-12-7-3-8(14)9(15)4-10(7)18-19-12/h1-5H,(H2,17,18,19). The van der Waals surface area contributed by atoms with Crippen molar-refractivity contribution in [1.29, 1.82) is 0 Å². The van der Waals surface area contributed by atoms with Gasteiger partial charge >= 0.3 is 0 Å². The number of aromatic nitrogens is 3. The summed E-state index contributed by atoms with van der Waals surface area (Å²) in [5, 5.41) is 10.4. The van der Waals surface area contributed by atoms with Gasteiger partial charge in [-0.25, -0.2) is 13.8 Å². The van der Waals surface area contributed by atoms with Gasteiger partial charge in [0, 0.05) is 11.5 Å². The summed E-state index contributed by atoms with van der Waals surface area (Å²) in [6.07, 6.45) is 1.52. The molecule has 2 heterocycles. The molecule has 7 heteroatoms. The molecule has 19 heavy (non-hydrogen) atoms. The van der Waals surface area contributed by atoms with E-state index in [-0.39, 0.29) is 0 Å². The summed E-state index contributed by atoms with van der Waals surface area (Å²) in [6.45, 7) is 0. The number of rotatable bonds is 2. The summed E-state index contributed by atoms with van der Waals surface area (Å²) in [5.41, 5.74) is 1.05. The number of nitrogens with one attached hydrogen (secondary N) is 2. The van der Waals surface area contributed by atoms with E-state index in [1.165, 1.54) is 6.20 Å². The summed E-state index contributed by atoms with van der Waals surface area (Å²) < 4.78 is 26.3. The van der Waals surface area contributed by atoms with Gasteiger partial charge in [0.1, 0.15) is 5.15 Å². The number of nitrogens with zero attached hydrogens (tertiary/aromatic N) is 2. The number of H-pyrrole nitrogens is 1. The lowest BCUT2D eigenvalue weighted by atomic mass is 10.2. The molecule has 4 nitrogen and oxygen atoms in total. The van der Waals surface area contributed by atoms with Crippen LogP contribution in [0.2, 0.25) is 5.15 Å². The zero-order chi connectivity index (χ0) is 13.4. The second-order valence-corrected chi connectivity index (χ2v) is 4.27. The Balaban J connectivity index is 2.01. The first-order valence-electron chi connectivity index (χ1n) is 5.35. The maximum Gasteiger partial charge on any atom is 0.160 e. The molecule has 0 fully saturated rings. The molecule has 0 spiro atoms. The van der Waals surface area contributed by atoms with Gasteiger partial charge in [-0.2, -0.15) is 5.10 Å². The number of pyridine rings is 1. The minimum Gasteiger partial charge on any atom is -0.337 e. The Hall–Kier alpha value is -2.21. The van der Waals surface area contributed by atoms with Gasteiger partial charge in [0.15, 0.2) is 17.5 Å². The summed E-state index contributed by atoms with van der Waals surface area (Å²) >= 11 is 5.67. The van der Waals surface area contributed by atoms with Gasteiger partial charge in [-0.3, -0.25) is 5.10 Å². The first-order valence-corrected chi connectivity index (χ1v) is 5.73. The van der Waals surface area contributed by atoms with Crippen LogP contribution in [0.1, 0.15) is 0 Å². The topological polar surface area (TPSA) is 53.6 Å². The van der Waals surface area contributed by atoms with Gasteiger partial charge in [-0.1, -0.05) is 11.6 Å². The lowest BCUT2D eigenvalue weighted by molar-refractivity contribution is 0.511. The van der Waals surface area contributed by atoms with Crippen LogP contribution in [0.3, 0.4) is 0 Å². The predicted octanol–water partition coefficient (Wildman–Crippen LogP) is 3.63. The first kappa shape index (κ1) is 11.9. The van der Waals surface area contributed by atoms with Crippen molar-refractivity contribution in [1.82, 2.24) is 15.2 Å². The maximum atomic E-state index is 13.2. The fourth-order valence-electron chi connectivity index (χ4n) is 1.69. The van der Waals surface area contributed by atoms with Crippen LogP contribution in [0.15, 0.2) is 30.5 Å². The molecule has 0 bridgehead atoms. The molecule has 0 radical (unpaired) electrons. The van der Waals surface area contributed by atoms with Gasteiger partial charge in [0.25, 0.3) is 0 Å². The maximum absolute atomic E-state index is 13.2. The highest BCUT2D eigenvalue weighted by molar-refractivity contribution is 6.29. The molecule has 0 saturated carbocycles. The third-order valence-electron chi connectivity index (χ3n) is 2.59. The fraction of sp³-hybridized carbons (Fsp3) is 0. The van der Waals surface area contributed by atoms with E-state index in [9.17, 15) is 8.78 Å². The summed E-state index contributed by atoms with van der Waals surface area (Å²) in [4.78, 5) is 3.90. The Morgan fingerprint density at radius 1 is 1.16 bits per heavy atom. The SMILES string of the molecule is Fc1cc2[nH]nc(Nc3ccc(Cl)nc3)c2cc1F. The zero-order valence-corrected chi connectivity index (χ0v) is 10.2. The van der Waals surface area contributed by atoms with E-state index in [4.69, 9.17) is 11.6 Å². The van der Waals surface area contributed by atoms with Gasteiger partial charge in [-0.05, 0) is 18.2 Å². The van der Waals surface area contributed by atoms with Crippen molar-refractivity contribution in [3.05, 3.63) is 47.2 Å². The number of anilines is 2. The van der Waals surface area contributed by atoms with Gasteiger partial charge < -0.3 is 5.32 Å². The Bertz CT molecular complexity index is 739. The average molecular weight is 281 g/mol. The molecular formula is C12H7ClF2N4. The van der Waals surface area contributed by atoms with E-state index in [0.717, 1.165) is 12.1 Å². The van der Waals surface area contributed by atoms with Crippen LogP contribution in [0.25, 0.3) is 10.9 Å². The van der Waals surface area contributed by atoms with Crippen LogP contribution >= 0.6 is 11.6 Å². The number of halogens is 3. The summed E-state index contributed by atoms with van der Waals surface area (Å²) in [7, 11) is 0. The van der Waals surface area contributed by atoms with Crippen molar-refractivity contribution in [3.8, 4) is 0 Å². The molecule has 0 aliphatic carbocycles. The fourth-order valence-corrected chi connectivity index (χ4v) is 1.81. The highest BCUT2D eigenvalue weighted by Gasteiger charge is 2.11. The summed E-state index contributed by atoms with van der Waals surface area (Å²) in [6, 6.07) is 5.46. The van der Waals surface area contributed by atoms with Crippen LogP contribution in [0, 0.1) is 11.6 Å². The highest BCUT2D eigenvalue weighted by atomic mass is 35.5. The Kier molecular flexibility index (Phi) is 2.79. The van der Waals surface area contributed by atoms with Crippen molar-refractivity contribution in [3.63, 3.8) is 0 Å². The Morgan fingerprint density at radius 3 is 2.68 bits per heavy atom. The lowest BCUT2D eigenvalue weighted by Gasteiger charge is -2.03. The van der Waals surface area contributed by atoms with E-state index < -0.39 is 11.6 Å². The quantitative estimate of drug-likeness (QED) is 0.705. The minimum atomic E-state index is -0.925. The highest BCUT2D eigenvalue weighted by Crippen LogP contribution is 2.25. The molecule has 2 N–H and O–H groups in total. The summed E-state index contributed by atoms with van der Waals surface area (Å²) in [5.74, 6) is -1.46. The van der Waals surface area contributed by atoms with E-state index in [2.05, 4.69) is 20.5 Å². The Morgan fingerprint density at radius 2 is 1.95 bits per heavy atom. The monoisotopic (exact) mass is 280 g/mol. The third kappa shape index (κ3) is 2.22. The van der Waals surface area contributed by atoms with Crippen LogP contribution < -0.4 is 5.32 Å². The lowest BCUT2D eigenvalue weighted by Crippen LogP contribution is -1.92. The Labute approximate surface area is 111 Å². The van der Waals surface area contributed by atoms with Crippen LogP contribution in [-0.4, -0.2) is 15.2 Å². The number of aromatic amines is 1. The predicted molar refractivity (Wildman–Crippen MR) is 68.5 cm³/mol. The van der Waals surface area contributed by atoms with Gasteiger partial charge in [-0.15, -0.1) is 0 Å². The molecule has 1 aromatic carbocycles. The molecule has 96 valence electrons. The molecule has 0 unspecified atom stereocenters. The molecular weight excluding hydrogens is 274 g/mol. The number of hydrogen-bond acceptors (Lipinski definition) is 3. The second-order valence-electron chi connectivity index (χ2n) is 3.88. The van der Waals surface area contributed by atoms with E-state index >= 15 is 0 Å². The van der Waals surface area contributed by atoms with Crippen LogP contribution in [0.5, 0.6) is 0 Å². The number of fused-ring (bicyclic) bond motifs is 1. The molecule has 2 aromatic heterocycles. The number of hydrogen-bond donors (Lipinski definition) is 2. The third-order valence-corrected chi connectivity index (χ3v) is 2.82. The van der Waals surface area contributed by atoms with Crippen LogP contribution in [0.4, 0.5) is 20.3 Å².